The van der Waals surface area contributed by atoms with Crippen LogP contribution in [0.4, 0.5) is 23.2 Å². The quantitative estimate of drug-likeness (QED) is 0.518. The maximum atomic E-state index is 13.6. The first-order chi connectivity index (χ1) is 13.3. The molecule has 0 unspecified atom stereocenters. The molecule has 0 aliphatic carbocycles. The summed E-state index contributed by atoms with van der Waals surface area (Å²) in [6.45, 7) is 3.12. The van der Waals surface area contributed by atoms with Gasteiger partial charge in [-0.2, -0.15) is 13.9 Å². The predicted octanol–water partition coefficient (Wildman–Crippen LogP) is 4.35. The lowest BCUT2D eigenvalue weighted by Crippen LogP contribution is -2.16. The van der Waals surface area contributed by atoms with Gasteiger partial charge in [0.1, 0.15) is 0 Å². The Labute approximate surface area is 157 Å². The normalized spacial score (nSPS) is 10.8. The molecule has 5 nitrogen and oxygen atoms in total. The summed E-state index contributed by atoms with van der Waals surface area (Å²) in [7, 11) is 0. The second-order valence-electron chi connectivity index (χ2n) is 6.03. The zero-order chi connectivity index (χ0) is 20.4. The van der Waals surface area contributed by atoms with Crippen LogP contribution in [0.3, 0.4) is 0 Å². The van der Waals surface area contributed by atoms with Gasteiger partial charge in [-0.15, -0.1) is 0 Å². The molecule has 9 heteroatoms. The molecule has 0 radical (unpaired) electrons. The van der Waals surface area contributed by atoms with Gasteiger partial charge in [0.15, 0.2) is 29.8 Å². The van der Waals surface area contributed by atoms with Crippen molar-refractivity contribution in [3.63, 3.8) is 0 Å². The molecule has 0 aliphatic rings. The molecule has 28 heavy (non-hydrogen) atoms. The van der Waals surface area contributed by atoms with Crippen LogP contribution in [-0.2, 0) is 6.73 Å². The van der Waals surface area contributed by atoms with Gasteiger partial charge in [-0.25, -0.2) is 13.5 Å². The van der Waals surface area contributed by atoms with E-state index in [-0.39, 0.29) is 11.8 Å². The van der Waals surface area contributed by atoms with Crippen LogP contribution in [0.15, 0.2) is 36.5 Å². The number of hydrogen-bond donors (Lipinski definition) is 1. The molecule has 1 amide bonds. The number of hydrogen-bond acceptors (Lipinski definition) is 3. The number of carbonyl (C=O) groups excluding carboxylic acids is 1. The molecule has 0 aliphatic heterocycles. The SMILES string of the molecule is Cc1cccc(C)c1NC(=O)c1ccn(COc2c(F)c(F)cc(F)c2F)n1. The van der Waals surface area contributed by atoms with E-state index in [0.29, 0.717) is 5.69 Å². The number of rotatable bonds is 5. The summed E-state index contributed by atoms with van der Waals surface area (Å²) in [5.74, 6) is -8.16. The third kappa shape index (κ3) is 3.83. The van der Waals surface area contributed by atoms with E-state index in [2.05, 4.69) is 10.4 Å². The Balaban J connectivity index is 1.72. The highest BCUT2D eigenvalue weighted by Crippen LogP contribution is 2.26. The van der Waals surface area contributed by atoms with Crippen molar-refractivity contribution in [2.24, 2.45) is 0 Å². The van der Waals surface area contributed by atoms with Crippen LogP contribution in [-0.4, -0.2) is 15.7 Å². The molecule has 3 rings (SSSR count). The van der Waals surface area contributed by atoms with Gasteiger partial charge in [-0.1, -0.05) is 18.2 Å². The third-order valence-corrected chi connectivity index (χ3v) is 4.01. The van der Waals surface area contributed by atoms with Crippen LogP contribution in [0.2, 0.25) is 0 Å². The predicted molar refractivity (Wildman–Crippen MR) is 93.0 cm³/mol. The molecule has 0 spiro atoms. The Kier molecular flexibility index (Phi) is 5.34. The summed E-state index contributed by atoms with van der Waals surface area (Å²) in [6, 6.07) is 7.00. The summed E-state index contributed by atoms with van der Waals surface area (Å²) >= 11 is 0. The number of nitrogens with one attached hydrogen (secondary N) is 1. The molecular formula is C19H15F4N3O2. The number of nitrogens with zero attached hydrogens (tertiary/aromatic N) is 2. The van der Waals surface area contributed by atoms with E-state index in [1.54, 1.807) is 0 Å². The van der Waals surface area contributed by atoms with Crippen molar-refractivity contribution in [1.82, 2.24) is 9.78 Å². The Bertz CT molecular complexity index is 1000. The number of amides is 1. The highest BCUT2D eigenvalue weighted by atomic mass is 19.2. The van der Waals surface area contributed by atoms with Crippen molar-refractivity contribution >= 4 is 11.6 Å². The maximum Gasteiger partial charge on any atom is 0.276 e. The van der Waals surface area contributed by atoms with Crippen molar-refractivity contribution in [3.8, 4) is 5.75 Å². The van der Waals surface area contributed by atoms with Gasteiger partial charge in [0.05, 0.1) is 0 Å². The molecule has 0 saturated carbocycles. The lowest BCUT2D eigenvalue weighted by Gasteiger charge is -2.10. The van der Waals surface area contributed by atoms with Crippen LogP contribution in [0.25, 0.3) is 0 Å². The number of aryl methyl sites for hydroxylation is 2. The number of anilines is 1. The lowest BCUT2D eigenvalue weighted by atomic mass is 10.1. The first kappa shape index (κ1) is 19.4. The number of para-hydroxylation sites is 1. The molecule has 3 aromatic rings. The van der Waals surface area contributed by atoms with Gasteiger partial charge in [-0.05, 0) is 31.0 Å². The largest absolute Gasteiger partial charge is 0.465 e. The molecule has 1 heterocycles. The Hall–Kier alpha value is -3.36. The summed E-state index contributed by atoms with van der Waals surface area (Å²) in [6.07, 6.45) is 1.32. The first-order valence-corrected chi connectivity index (χ1v) is 8.14. The average Bonchev–Trinajstić information content (AvgIpc) is 3.12. The Morgan fingerprint density at radius 2 is 1.68 bits per heavy atom. The highest BCUT2D eigenvalue weighted by molar-refractivity contribution is 6.03. The van der Waals surface area contributed by atoms with Crippen LogP contribution >= 0.6 is 0 Å². The monoisotopic (exact) mass is 393 g/mol. The van der Waals surface area contributed by atoms with Crippen LogP contribution in [0.5, 0.6) is 5.75 Å². The van der Waals surface area contributed by atoms with E-state index >= 15 is 0 Å². The maximum absolute atomic E-state index is 13.6. The second-order valence-corrected chi connectivity index (χ2v) is 6.03. The molecule has 0 atom stereocenters. The summed E-state index contributed by atoms with van der Waals surface area (Å²) in [4.78, 5) is 12.4. The summed E-state index contributed by atoms with van der Waals surface area (Å²) in [5.41, 5.74) is 2.42. The van der Waals surface area contributed by atoms with E-state index in [1.165, 1.54) is 12.3 Å². The Morgan fingerprint density at radius 3 is 2.29 bits per heavy atom. The van der Waals surface area contributed by atoms with Gasteiger partial charge in [0.2, 0.25) is 11.6 Å². The fourth-order valence-corrected chi connectivity index (χ4v) is 2.55. The van der Waals surface area contributed by atoms with Gasteiger partial charge in [-0.3, -0.25) is 4.79 Å². The summed E-state index contributed by atoms with van der Waals surface area (Å²) < 4.78 is 59.4. The molecule has 1 aromatic heterocycles. The van der Waals surface area contributed by atoms with Crippen LogP contribution in [0, 0.1) is 37.1 Å². The lowest BCUT2D eigenvalue weighted by molar-refractivity contribution is 0.101. The van der Waals surface area contributed by atoms with Crippen LogP contribution < -0.4 is 10.1 Å². The highest BCUT2D eigenvalue weighted by Gasteiger charge is 2.21. The van der Waals surface area contributed by atoms with Crippen molar-refractivity contribution in [2.45, 2.75) is 20.6 Å². The number of benzene rings is 2. The smallest absolute Gasteiger partial charge is 0.276 e. The van der Waals surface area contributed by atoms with Crippen molar-refractivity contribution in [3.05, 3.63) is 76.6 Å². The number of carbonyl (C=O) groups is 1. The van der Waals surface area contributed by atoms with E-state index in [4.69, 9.17) is 4.74 Å². The van der Waals surface area contributed by atoms with Gasteiger partial charge < -0.3 is 10.1 Å². The number of aromatic nitrogens is 2. The minimum atomic E-state index is -1.65. The fourth-order valence-electron chi connectivity index (χ4n) is 2.55. The second kappa shape index (κ2) is 7.71. The number of ether oxygens (including phenoxy) is 1. The molecule has 0 fully saturated rings. The first-order valence-electron chi connectivity index (χ1n) is 8.14. The Morgan fingerprint density at radius 1 is 1.07 bits per heavy atom. The molecule has 1 N–H and O–H groups in total. The van der Waals surface area contributed by atoms with E-state index in [0.717, 1.165) is 15.8 Å². The number of halogens is 4. The van der Waals surface area contributed by atoms with Crippen molar-refractivity contribution < 1.29 is 27.1 Å². The molecular weight excluding hydrogens is 378 g/mol. The molecule has 0 bridgehead atoms. The van der Waals surface area contributed by atoms with Crippen LogP contribution in [0.1, 0.15) is 21.6 Å². The summed E-state index contributed by atoms with van der Waals surface area (Å²) in [5, 5.41) is 6.67. The van der Waals surface area contributed by atoms with Crippen molar-refractivity contribution in [2.75, 3.05) is 5.32 Å². The van der Waals surface area contributed by atoms with E-state index in [1.807, 2.05) is 32.0 Å². The zero-order valence-electron chi connectivity index (χ0n) is 14.9. The van der Waals surface area contributed by atoms with Gasteiger partial charge in [0, 0.05) is 18.0 Å². The fraction of sp³-hybridized carbons (Fsp3) is 0.158. The van der Waals surface area contributed by atoms with Gasteiger partial charge in [0.25, 0.3) is 5.91 Å². The minimum Gasteiger partial charge on any atom is -0.465 e. The zero-order valence-corrected chi connectivity index (χ0v) is 14.9. The molecule has 2 aromatic carbocycles. The topological polar surface area (TPSA) is 56.2 Å². The molecule has 146 valence electrons. The third-order valence-electron chi connectivity index (χ3n) is 4.01. The molecule has 0 saturated heterocycles. The minimum absolute atomic E-state index is 0.0256. The van der Waals surface area contributed by atoms with E-state index in [9.17, 15) is 22.4 Å². The van der Waals surface area contributed by atoms with Gasteiger partial charge >= 0.3 is 0 Å². The average molecular weight is 393 g/mol. The van der Waals surface area contributed by atoms with Crippen molar-refractivity contribution in [1.29, 1.82) is 0 Å². The van der Waals surface area contributed by atoms with E-state index < -0.39 is 41.7 Å². The standard InChI is InChI=1S/C19H15F4N3O2/c1-10-4-3-5-11(2)17(10)24-19(27)14-6-7-26(25-14)9-28-18-15(22)12(20)8-13(21)16(18)23/h3-8H,9H2,1-2H3,(H,24,27).